The molecule has 2 aliphatic heterocycles. The number of hydrogen-bond donors (Lipinski definition) is 5. The Labute approximate surface area is 324 Å². The van der Waals surface area contributed by atoms with Crippen LogP contribution >= 0.6 is 0 Å². The van der Waals surface area contributed by atoms with Crippen molar-refractivity contribution in [2.24, 2.45) is 11.8 Å². The van der Waals surface area contributed by atoms with Crippen LogP contribution in [0.1, 0.15) is 99.5 Å². The Kier molecular flexibility index (Phi) is 10.7. The molecule has 2 aromatic heterocycles. The first-order valence-corrected chi connectivity index (χ1v) is 19.2. The lowest BCUT2D eigenvalue weighted by Crippen LogP contribution is -2.51. The molecule has 2 aromatic carbocycles. The van der Waals surface area contributed by atoms with Gasteiger partial charge in [-0.2, -0.15) is 0 Å². The van der Waals surface area contributed by atoms with Gasteiger partial charge in [0, 0.05) is 29.8 Å². The van der Waals surface area contributed by atoms with E-state index in [4.69, 9.17) is 9.72 Å². The second kappa shape index (κ2) is 15.7. The molecule has 0 spiro atoms. The van der Waals surface area contributed by atoms with Crippen LogP contribution in [-0.4, -0.2) is 91.1 Å². The van der Waals surface area contributed by atoms with E-state index in [9.17, 15) is 24.3 Å². The van der Waals surface area contributed by atoms with Gasteiger partial charge in [-0.25, -0.2) is 23.9 Å². The molecule has 3 aliphatic rings. The zero-order valence-electron chi connectivity index (χ0n) is 32.2. The van der Waals surface area contributed by atoms with Gasteiger partial charge >= 0.3 is 12.2 Å². The predicted molar refractivity (Wildman–Crippen MR) is 205 cm³/mol. The number of aromatic nitrogens is 4. The number of carbonyl (C=O) groups excluding carboxylic acids is 3. The quantitative estimate of drug-likeness (QED) is 0.144. The second-order valence-corrected chi connectivity index (χ2v) is 15.5. The summed E-state index contributed by atoms with van der Waals surface area (Å²) < 4.78 is 20.2. The molecule has 294 valence electrons. The van der Waals surface area contributed by atoms with E-state index in [2.05, 4.69) is 37.4 Å². The van der Waals surface area contributed by atoms with E-state index >= 15 is 4.39 Å². The monoisotopic (exact) mass is 766 g/mol. The normalized spacial score (nSPS) is 18.6. The molecule has 15 heteroatoms. The Bertz CT molecular complexity index is 2250. The molecule has 0 saturated carbocycles. The molecule has 0 unspecified atom stereocenters. The number of methoxy groups -OCH3 is 1. The van der Waals surface area contributed by atoms with Gasteiger partial charge in [0.1, 0.15) is 29.2 Å². The largest absolute Gasteiger partial charge is 0.465 e. The van der Waals surface area contributed by atoms with Crippen molar-refractivity contribution in [2.45, 2.75) is 90.4 Å². The van der Waals surface area contributed by atoms with Crippen LogP contribution in [0.5, 0.6) is 0 Å². The summed E-state index contributed by atoms with van der Waals surface area (Å²) in [6, 6.07) is 6.80. The lowest BCUT2D eigenvalue weighted by molar-refractivity contribution is -0.136. The number of H-pyrrole nitrogens is 2. The van der Waals surface area contributed by atoms with Gasteiger partial charge in [0.2, 0.25) is 11.8 Å². The zero-order valence-corrected chi connectivity index (χ0v) is 32.2. The number of halogens is 1. The smallest absolute Gasteiger partial charge is 0.407 e. The highest BCUT2D eigenvalue weighted by atomic mass is 19.1. The van der Waals surface area contributed by atoms with Crippen molar-refractivity contribution < 1.29 is 33.4 Å². The Morgan fingerprint density at radius 2 is 1.48 bits per heavy atom. The standard InChI is InChI=1S/C41H47FN8O6/c1-21(2)32(47-40(53)54)38(51)49-16-7-9-31(49)37-44-29-20-24(19-27(42)35(29)46-37)11-10-23-12-14-26-25(18-23)13-15-28-34(26)45-36(43-28)30-8-6-17-50(30)39(52)33(22(3)4)48-41(55)56-5/h12,14,18-22,30-33,47H,6-9,13,15-17H2,1-5H3,(H,43,45)(H,44,46)(H,48,55)(H,53,54)/t30-,31-,32-,33-/m0/s1. The van der Waals surface area contributed by atoms with E-state index in [0.717, 1.165) is 59.6 Å². The molecule has 14 nitrogen and oxygen atoms in total. The molecule has 5 N–H and O–H groups in total. The molecule has 2 saturated heterocycles. The average molecular weight is 767 g/mol. The highest BCUT2D eigenvalue weighted by Crippen LogP contribution is 2.38. The maximum absolute atomic E-state index is 15.4. The molecule has 4 heterocycles. The number of alkyl carbamates (subject to hydrolysis) is 1. The number of fused-ring (bicyclic) bond motifs is 4. The topological polar surface area (TPSA) is 186 Å². The van der Waals surface area contributed by atoms with E-state index < -0.39 is 36.1 Å². The Balaban J connectivity index is 1.08. The molecular weight excluding hydrogens is 719 g/mol. The summed E-state index contributed by atoms with van der Waals surface area (Å²) in [6.07, 6.45) is 2.50. The third-order valence-electron chi connectivity index (χ3n) is 11.0. The van der Waals surface area contributed by atoms with Crippen LogP contribution in [0.4, 0.5) is 14.0 Å². The molecule has 0 bridgehead atoms. The van der Waals surface area contributed by atoms with E-state index in [-0.39, 0.29) is 35.2 Å². The van der Waals surface area contributed by atoms with E-state index in [1.54, 1.807) is 24.8 Å². The summed E-state index contributed by atoms with van der Waals surface area (Å²) in [4.78, 5) is 70.1. The van der Waals surface area contributed by atoms with E-state index in [1.165, 1.54) is 13.2 Å². The van der Waals surface area contributed by atoms with Gasteiger partial charge in [0.25, 0.3) is 0 Å². The fourth-order valence-electron chi connectivity index (χ4n) is 8.17. The lowest BCUT2D eigenvalue weighted by Gasteiger charge is -2.30. The first-order valence-electron chi connectivity index (χ1n) is 19.2. The fourth-order valence-corrected chi connectivity index (χ4v) is 8.17. The Morgan fingerprint density at radius 1 is 0.857 bits per heavy atom. The second-order valence-electron chi connectivity index (χ2n) is 15.5. The summed E-state index contributed by atoms with van der Waals surface area (Å²) in [5.74, 6) is 6.08. The molecule has 4 aromatic rings. The number of aromatic amines is 2. The van der Waals surface area contributed by atoms with E-state index in [1.807, 2.05) is 36.9 Å². The average Bonchev–Trinajstić information content (AvgIpc) is 3.99. The number of carboxylic acid groups (broad SMARTS) is 1. The van der Waals surface area contributed by atoms with Crippen LogP contribution in [0, 0.1) is 29.5 Å². The molecular formula is C41H47FN8O6. The summed E-state index contributed by atoms with van der Waals surface area (Å²) in [6.45, 7) is 8.37. The lowest BCUT2D eigenvalue weighted by atomic mass is 9.91. The Morgan fingerprint density at radius 3 is 2.11 bits per heavy atom. The fraction of sp³-hybridized carbons (Fsp3) is 0.463. The first-order chi connectivity index (χ1) is 26.8. The van der Waals surface area contributed by atoms with Crippen LogP contribution < -0.4 is 10.6 Å². The van der Waals surface area contributed by atoms with Crippen LogP contribution in [0.25, 0.3) is 22.3 Å². The van der Waals surface area contributed by atoms with Gasteiger partial charge < -0.3 is 40.2 Å². The van der Waals surface area contributed by atoms with Crippen molar-refractivity contribution in [3.63, 3.8) is 0 Å². The summed E-state index contributed by atoms with van der Waals surface area (Å²) in [7, 11) is 1.28. The van der Waals surface area contributed by atoms with Gasteiger partial charge in [-0.3, -0.25) is 9.59 Å². The van der Waals surface area contributed by atoms with Gasteiger partial charge in [-0.15, -0.1) is 0 Å². The number of aryl methyl sites for hydroxylation is 2. The number of carbonyl (C=O) groups is 4. The molecule has 56 heavy (non-hydrogen) atoms. The number of benzene rings is 2. The van der Waals surface area contributed by atoms with Gasteiger partial charge in [-0.05, 0) is 80.2 Å². The number of hydrogen-bond acceptors (Lipinski definition) is 7. The summed E-state index contributed by atoms with van der Waals surface area (Å²) >= 11 is 0. The number of imidazole rings is 2. The molecule has 2 fully saturated rings. The maximum atomic E-state index is 15.4. The van der Waals surface area contributed by atoms with Crippen molar-refractivity contribution in [3.05, 3.63) is 70.2 Å². The number of rotatable bonds is 8. The van der Waals surface area contributed by atoms with Crippen LogP contribution in [-0.2, 0) is 27.2 Å². The highest BCUT2D eigenvalue weighted by Gasteiger charge is 2.39. The molecule has 7 rings (SSSR count). The van der Waals surface area contributed by atoms with Crippen molar-refractivity contribution in [1.29, 1.82) is 0 Å². The van der Waals surface area contributed by atoms with Gasteiger partial charge in [-0.1, -0.05) is 45.6 Å². The maximum Gasteiger partial charge on any atom is 0.407 e. The van der Waals surface area contributed by atoms with E-state index in [0.29, 0.717) is 42.8 Å². The zero-order chi connectivity index (χ0) is 39.8. The number of likely N-dealkylation sites (tertiary alicyclic amines) is 2. The van der Waals surface area contributed by atoms with Crippen molar-refractivity contribution in [3.8, 4) is 23.1 Å². The van der Waals surface area contributed by atoms with Gasteiger partial charge in [0.15, 0.2) is 5.82 Å². The number of nitrogens with zero attached hydrogens (tertiary/aromatic N) is 4. The van der Waals surface area contributed by atoms with Crippen LogP contribution in [0.2, 0.25) is 0 Å². The number of nitrogens with one attached hydrogen (secondary N) is 4. The third kappa shape index (κ3) is 7.52. The first kappa shape index (κ1) is 38.4. The number of ether oxygens (including phenoxy) is 1. The molecule has 4 atom stereocenters. The van der Waals surface area contributed by atoms with Gasteiger partial charge in [0.05, 0.1) is 36.1 Å². The number of amides is 4. The summed E-state index contributed by atoms with van der Waals surface area (Å²) in [5.41, 5.74) is 5.86. The third-order valence-corrected chi connectivity index (χ3v) is 11.0. The highest BCUT2D eigenvalue weighted by molar-refractivity contribution is 5.87. The van der Waals surface area contributed by atoms with Crippen molar-refractivity contribution in [1.82, 2.24) is 40.4 Å². The minimum absolute atomic E-state index is 0.126. The molecule has 4 amide bonds. The molecule has 0 radical (unpaired) electrons. The predicted octanol–water partition coefficient (Wildman–Crippen LogP) is 5.59. The molecule has 1 aliphatic carbocycles. The van der Waals surface area contributed by atoms with Crippen LogP contribution in [0.3, 0.4) is 0 Å². The Hall–Kier alpha value is -5.91. The van der Waals surface area contributed by atoms with Crippen LogP contribution in [0.15, 0.2) is 30.3 Å². The SMILES string of the molecule is COC(=O)N[C@H](C(=O)N1CCC[C@H]1c1nc2c([nH]1)-c1ccc(C#Cc3cc(F)c4nc([C@@H]5CCCN5C(=O)[C@@H](NC(=O)O)C(C)C)[nH]c4c3)cc1CC2)C(C)C. The van der Waals surface area contributed by atoms with Crippen molar-refractivity contribution in [2.75, 3.05) is 20.2 Å². The minimum atomic E-state index is -1.26. The van der Waals surface area contributed by atoms with Crippen molar-refractivity contribution >= 4 is 35.0 Å². The minimum Gasteiger partial charge on any atom is -0.465 e. The summed E-state index contributed by atoms with van der Waals surface area (Å²) in [5, 5.41) is 14.3.